The molecule has 0 aromatic heterocycles. The summed E-state index contributed by atoms with van der Waals surface area (Å²) < 4.78 is 17.4. The fourth-order valence-corrected chi connectivity index (χ4v) is 1.54. The second-order valence-electron chi connectivity index (χ2n) is 5.55. The second kappa shape index (κ2) is 7.19. The SMILES string of the molecule is CC(C)(C)NCc1ccc([N+](=O)[O-])c(OCCCF)c1. The van der Waals surface area contributed by atoms with Crippen molar-refractivity contribution in [1.29, 1.82) is 0 Å². The van der Waals surface area contributed by atoms with Crippen LogP contribution in [0.25, 0.3) is 0 Å². The lowest BCUT2D eigenvalue weighted by Gasteiger charge is -2.20. The van der Waals surface area contributed by atoms with Crippen molar-refractivity contribution in [3.63, 3.8) is 0 Å². The van der Waals surface area contributed by atoms with E-state index < -0.39 is 11.6 Å². The van der Waals surface area contributed by atoms with Crippen LogP contribution in [0.15, 0.2) is 18.2 Å². The monoisotopic (exact) mass is 284 g/mol. The van der Waals surface area contributed by atoms with Crippen molar-refractivity contribution in [2.75, 3.05) is 13.3 Å². The molecule has 0 aliphatic rings. The number of nitro groups is 1. The molecular formula is C14H21FN2O3. The van der Waals surface area contributed by atoms with Gasteiger partial charge in [0.15, 0.2) is 5.75 Å². The number of hydrogen-bond acceptors (Lipinski definition) is 4. The summed E-state index contributed by atoms with van der Waals surface area (Å²) >= 11 is 0. The molecule has 0 bridgehead atoms. The normalized spacial score (nSPS) is 11.4. The number of nitrogens with one attached hydrogen (secondary N) is 1. The molecule has 112 valence electrons. The van der Waals surface area contributed by atoms with Crippen molar-refractivity contribution in [3.05, 3.63) is 33.9 Å². The third-order valence-electron chi connectivity index (χ3n) is 2.58. The van der Waals surface area contributed by atoms with Gasteiger partial charge in [-0.25, -0.2) is 0 Å². The maximum atomic E-state index is 12.1. The van der Waals surface area contributed by atoms with Gasteiger partial charge in [0.05, 0.1) is 18.2 Å². The third kappa shape index (κ3) is 5.52. The van der Waals surface area contributed by atoms with E-state index in [1.54, 1.807) is 12.1 Å². The summed E-state index contributed by atoms with van der Waals surface area (Å²) in [7, 11) is 0. The highest BCUT2D eigenvalue weighted by atomic mass is 19.1. The van der Waals surface area contributed by atoms with E-state index in [-0.39, 0.29) is 30.0 Å². The predicted molar refractivity (Wildman–Crippen MR) is 75.8 cm³/mol. The minimum Gasteiger partial charge on any atom is -0.487 e. The van der Waals surface area contributed by atoms with Crippen LogP contribution in [0.4, 0.5) is 10.1 Å². The van der Waals surface area contributed by atoms with Gasteiger partial charge in [-0.1, -0.05) is 6.07 Å². The van der Waals surface area contributed by atoms with Crippen molar-refractivity contribution in [1.82, 2.24) is 5.32 Å². The van der Waals surface area contributed by atoms with Gasteiger partial charge in [-0.05, 0) is 32.4 Å². The molecule has 1 aromatic rings. The molecule has 0 saturated heterocycles. The summed E-state index contributed by atoms with van der Waals surface area (Å²) in [6.45, 7) is 6.33. The van der Waals surface area contributed by atoms with Gasteiger partial charge in [-0.2, -0.15) is 0 Å². The molecule has 1 aromatic carbocycles. The predicted octanol–water partition coefficient (Wildman–Crippen LogP) is 3.22. The average Bonchev–Trinajstić information content (AvgIpc) is 2.36. The van der Waals surface area contributed by atoms with Crippen molar-refractivity contribution in [2.24, 2.45) is 0 Å². The number of alkyl halides is 1. The Kier molecular flexibility index (Phi) is 5.88. The van der Waals surface area contributed by atoms with Crippen LogP contribution in [0.5, 0.6) is 5.75 Å². The Bertz CT molecular complexity index is 458. The number of nitro benzene ring substituents is 1. The quantitative estimate of drug-likeness (QED) is 0.474. The first-order chi connectivity index (χ1) is 9.33. The van der Waals surface area contributed by atoms with E-state index in [1.807, 2.05) is 20.8 Å². The van der Waals surface area contributed by atoms with Crippen molar-refractivity contribution < 1.29 is 14.1 Å². The highest BCUT2D eigenvalue weighted by Gasteiger charge is 2.16. The second-order valence-corrected chi connectivity index (χ2v) is 5.55. The molecule has 5 nitrogen and oxygen atoms in total. The van der Waals surface area contributed by atoms with Crippen LogP contribution >= 0.6 is 0 Å². The van der Waals surface area contributed by atoms with E-state index in [0.717, 1.165) is 5.56 Å². The van der Waals surface area contributed by atoms with E-state index in [4.69, 9.17) is 4.74 Å². The van der Waals surface area contributed by atoms with Crippen LogP contribution < -0.4 is 10.1 Å². The molecule has 0 fully saturated rings. The van der Waals surface area contributed by atoms with Crippen molar-refractivity contribution in [3.8, 4) is 5.75 Å². The number of ether oxygens (including phenoxy) is 1. The number of rotatable bonds is 7. The first-order valence-electron chi connectivity index (χ1n) is 6.54. The molecule has 1 rings (SSSR count). The zero-order valence-electron chi connectivity index (χ0n) is 12.1. The Morgan fingerprint density at radius 2 is 2.10 bits per heavy atom. The Hall–Kier alpha value is -1.69. The summed E-state index contributed by atoms with van der Waals surface area (Å²) in [6, 6.07) is 4.75. The maximum absolute atomic E-state index is 12.1. The molecule has 0 heterocycles. The van der Waals surface area contributed by atoms with Gasteiger partial charge in [0, 0.05) is 24.6 Å². The smallest absolute Gasteiger partial charge is 0.310 e. The largest absolute Gasteiger partial charge is 0.487 e. The fraction of sp³-hybridized carbons (Fsp3) is 0.571. The Morgan fingerprint density at radius 1 is 1.40 bits per heavy atom. The minimum absolute atomic E-state index is 0.0446. The molecule has 0 amide bonds. The molecule has 1 N–H and O–H groups in total. The summed E-state index contributed by atoms with van der Waals surface area (Å²) in [5.74, 6) is 0.191. The highest BCUT2D eigenvalue weighted by molar-refractivity contribution is 5.48. The average molecular weight is 284 g/mol. The molecule has 0 unspecified atom stereocenters. The van der Waals surface area contributed by atoms with E-state index in [9.17, 15) is 14.5 Å². The first kappa shape index (κ1) is 16.4. The lowest BCUT2D eigenvalue weighted by atomic mass is 10.1. The zero-order chi connectivity index (χ0) is 15.2. The standard InChI is InChI=1S/C14H21FN2O3/c1-14(2,3)16-10-11-5-6-12(17(18)19)13(9-11)20-8-4-7-15/h5-6,9,16H,4,7-8,10H2,1-3H3. The Morgan fingerprint density at radius 3 is 2.65 bits per heavy atom. The zero-order valence-corrected chi connectivity index (χ0v) is 12.1. The van der Waals surface area contributed by atoms with Crippen LogP contribution in [-0.2, 0) is 6.54 Å². The molecule has 0 aliphatic carbocycles. The highest BCUT2D eigenvalue weighted by Crippen LogP contribution is 2.28. The van der Waals surface area contributed by atoms with Crippen molar-refractivity contribution in [2.45, 2.75) is 39.3 Å². The van der Waals surface area contributed by atoms with Gasteiger partial charge in [0.1, 0.15) is 0 Å². The third-order valence-corrected chi connectivity index (χ3v) is 2.58. The molecule has 0 atom stereocenters. The number of nitrogens with zero attached hydrogens (tertiary/aromatic N) is 1. The Balaban J connectivity index is 2.83. The molecule has 6 heteroatoms. The maximum Gasteiger partial charge on any atom is 0.310 e. The summed E-state index contributed by atoms with van der Waals surface area (Å²) in [5, 5.41) is 14.2. The minimum atomic E-state index is -0.501. The lowest BCUT2D eigenvalue weighted by Crippen LogP contribution is -2.35. The van der Waals surface area contributed by atoms with Gasteiger partial charge in [-0.15, -0.1) is 0 Å². The van der Waals surface area contributed by atoms with E-state index >= 15 is 0 Å². The van der Waals surface area contributed by atoms with Crippen molar-refractivity contribution >= 4 is 5.69 Å². The van der Waals surface area contributed by atoms with Gasteiger partial charge >= 0.3 is 5.69 Å². The van der Waals surface area contributed by atoms with Crippen LogP contribution in [0.3, 0.4) is 0 Å². The van der Waals surface area contributed by atoms with Gasteiger partial charge in [-0.3, -0.25) is 14.5 Å². The van der Waals surface area contributed by atoms with Crippen LogP contribution in [0.2, 0.25) is 0 Å². The van der Waals surface area contributed by atoms with Crippen LogP contribution in [0, 0.1) is 10.1 Å². The number of hydrogen-bond donors (Lipinski definition) is 1. The summed E-state index contributed by atoms with van der Waals surface area (Å²) in [6.07, 6.45) is 0.224. The van der Waals surface area contributed by atoms with Crippen LogP contribution in [-0.4, -0.2) is 23.7 Å². The van der Waals surface area contributed by atoms with E-state index in [0.29, 0.717) is 6.54 Å². The summed E-state index contributed by atoms with van der Waals surface area (Å²) in [5.41, 5.74) is 0.751. The molecule has 0 saturated carbocycles. The molecule has 0 radical (unpaired) electrons. The van der Waals surface area contributed by atoms with E-state index in [2.05, 4.69) is 5.32 Å². The lowest BCUT2D eigenvalue weighted by molar-refractivity contribution is -0.385. The van der Waals surface area contributed by atoms with E-state index in [1.165, 1.54) is 6.07 Å². The van der Waals surface area contributed by atoms with Crippen LogP contribution in [0.1, 0.15) is 32.8 Å². The van der Waals surface area contributed by atoms with Gasteiger partial charge in [0.2, 0.25) is 0 Å². The molecular weight excluding hydrogens is 263 g/mol. The molecule has 0 aliphatic heterocycles. The molecule has 20 heavy (non-hydrogen) atoms. The van der Waals surface area contributed by atoms with Gasteiger partial charge < -0.3 is 10.1 Å². The topological polar surface area (TPSA) is 64.4 Å². The number of benzene rings is 1. The first-order valence-corrected chi connectivity index (χ1v) is 6.54. The molecule has 0 spiro atoms. The Labute approximate surface area is 118 Å². The summed E-state index contributed by atoms with van der Waals surface area (Å²) in [4.78, 5) is 10.4. The van der Waals surface area contributed by atoms with Gasteiger partial charge in [0.25, 0.3) is 0 Å². The number of halogens is 1. The fourth-order valence-electron chi connectivity index (χ4n) is 1.54.